The molecule has 0 unspecified atom stereocenters. The second-order valence-electron chi connectivity index (χ2n) is 5.81. The van der Waals surface area contributed by atoms with Crippen molar-refractivity contribution in [3.05, 3.63) is 68.8 Å². The summed E-state index contributed by atoms with van der Waals surface area (Å²) in [5.41, 5.74) is 2.64. The Kier molecular flexibility index (Phi) is 5.07. The van der Waals surface area contributed by atoms with Gasteiger partial charge in [0.2, 0.25) is 0 Å². The smallest absolute Gasteiger partial charge is 0.272 e. The first-order valence-electron chi connectivity index (χ1n) is 8.04. The number of benzene rings is 2. The van der Waals surface area contributed by atoms with Gasteiger partial charge in [0.25, 0.3) is 11.6 Å². The Bertz CT molecular complexity index is 1000. The molecule has 0 fully saturated rings. The number of nitro benzene ring substituents is 2. The Morgan fingerprint density at radius 2 is 1.86 bits per heavy atom. The van der Waals surface area contributed by atoms with Crippen LogP contribution >= 0.6 is 0 Å². The van der Waals surface area contributed by atoms with Crippen LogP contribution in [0.3, 0.4) is 0 Å². The van der Waals surface area contributed by atoms with Crippen LogP contribution in [0, 0.1) is 26.1 Å². The zero-order chi connectivity index (χ0) is 20.3. The highest BCUT2D eigenvalue weighted by Crippen LogP contribution is 2.29. The van der Waals surface area contributed by atoms with E-state index in [0.717, 1.165) is 12.1 Å². The highest BCUT2D eigenvalue weighted by molar-refractivity contribution is 6.23. The van der Waals surface area contributed by atoms with E-state index in [2.05, 4.69) is 15.6 Å². The monoisotopic (exact) mass is 382 g/mol. The molecule has 1 aliphatic heterocycles. The molecule has 0 bridgehead atoms. The van der Waals surface area contributed by atoms with Crippen LogP contribution in [0.15, 0.2) is 58.7 Å². The highest BCUT2D eigenvalue weighted by Gasteiger charge is 2.33. The van der Waals surface area contributed by atoms with Gasteiger partial charge in [0, 0.05) is 12.3 Å². The summed E-state index contributed by atoms with van der Waals surface area (Å²) in [5, 5.41) is 31.3. The third-order valence-corrected chi connectivity index (χ3v) is 3.98. The summed E-state index contributed by atoms with van der Waals surface area (Å²) < 4.78 is 0. The average molecular weight is 382 g/mol. The van der Waals surface area contributed by atoms with Gasteiger partial charge in [-0.3, -0.25) is 30.4 Å². The molecule has 11 nitrogen and oxygen atoms in total. The van der Waals surface area contributed by atoms with Crippen molar-refractivity contribution in [2.24, 2.45) is 16.1 Å². The molecule has 2 aromatic rings. The van der Waals surface area contributed by atoms with Crippen LogP contribution in [0.1, 0.15) is 6.92 Å². The summed E-state index contributed by atoms with van der Waals surface area (Å²) in [6.07, 6.45) is 1.29. The normalized spacial score (nSPS) is 16.3. The van der Waals surface area contributed by atoms with Crippen LogP contribution in [0.2, 0.25) is 0 Å². The fraction of sp³-hybridized carbons (Fsp3) is 0.118. The van der Waals surface area contributed by atoms with E-state index in [-0.39, 0.29) is 11.6 Å². The number of nitro groups is 2. The summed E-state index contributed by atoms with van der Waals surface area (Å²) in [5.74, 6) is -1.04. The van der Waals surface area contributed by atoms with Gasteiger partial charge in [0.05, 0.1) is 27.3 Å². The van der Waals surface area contributed by atoms with Crippen molar-refractivity contribution >= 4 is 40.6 Å². The standard InChI is InChI=1S/C17H14N6O5/c1-11-14(17(24)21(20-11)12-5-3-2-4-6-12)10-18-19-15-8-7-13(22(25)26)9-16(15)23(27)28/h2-10,14,19H,1H3/b18-10-/t14-/m0/s1. The van der Waals surface area contributed by atoms with Crippen LogP contribution in [0.5, 0.6) is 0 Å². The van der Waals surface area contributed by atoms with Crippen molar-refractivity contribution in [1.82, 2.24) is 0 Å². The molecule has 142 valence electrons. The van der Waals surface area contributed by atoms with Gasteiger partial charge in [0.1, 0.15) is 11.6 Å². The number of anilines is 2. The van der Waals surface area contributed by atoms with Gasteiger partial charge in [-0.05, 0) is 25.1 Å². The summed E-state index contributed by atoms with van der Waals surface area (Å²) in [4.78, 5) is 33.0. The van der Waals surface area contributed by atoms with Crippen LogP contribution in [-0.2, 0) is 4.79 Å². The number of hydrogen-bond acceptors (Lipinski definition) is 8. The maximum absolute atomic E-state index is 12.6. The van der Waals surface area contributed by atoms with Crippen LogP contribution in [-0.4, -0.2) is 27.7 Å². The van der Waals surface area contributed by atoms with E-state index < -0.39 is 27.1 Å². The van der Waals surface area contributed by atoms with E-state index in [4.69, 9.17) is 0 Å². The zero-order valence-electron chi connectivity index (χ0n) is 14.6. The number of nitrogens with zero attached hydrogens (tertiary/aromatic N) is 5. The minimum absolute atomic E-state index is 0.0354. The maximum Gasteiger partial charge on any atom is 0.301 e. The Morgan fingerprint density at radius 3 is 2.50 bits per heavy atom. The molecular weight excluding hydrogens is 368 g/mol. The van der Waals surface area contributed by atoms with E-state index >= 15 is 0 Å². The number of carbonyl (C=O) groups excluding carboxylic acids is 1. The second-order valence-corrected chi connectivity index (χ2v) is 5.81. The van der Waals surface area contributed by atoms with Crippen molar-refractivity contribution < 1.29 is 14.6 Å². The molecule has 0 aliphatic carbocycles. The molecule has 1 atom stereocenters. The largest absolute Gasteiger partial charge is 0.301 e. The lowest BCUT2D eigenvalue weighted by Crippen LogP contribution is -2.28. The molecule has 1 N–H and O–H groups in total. The summed E-state index contributed by atoms with van der Waals surface area (Å²) in [6, 6.07) is 12.0. The molecule has 28 heavy (non-hydrogen) atoms. The van der Waals surface area contributed by atoms with Crippen molar-refractivity contribution in [3.8, 4) is 0 Å². The molecule has 1 amide bonds. The molecule has 3 rings (SSSR count). The van der Waals surface area contributed by atoms with Crippen LogP contribution < -0.4 is 10.4 Å². The van der Waals surface area contributed by atoms with Crippen LogP contribution in [0.4, 0.5) is 22.7 Å². The Hall–Kier alpha value is -4.15. The second kappa shape index (κ2) is 7.61. The Balaban J connectivity index is 1.77. The van der Waals surface area contributed by atoms with Gasteiger partial charge in [0.15, 0.2) is 0 Å². The lowest BCUT2D eigenvalue weighted by molar-refractivity contribution is -0.393. The summed E-state index contributed by atoms with van der Waals surface area (Å²) >= 11 is 0. The van der Waals surface area contributed by atoms with E-state index in [1.807, 2.05) is 6.07 Å². The van der Waals surface area contributed by atoms with Gasteiger partial charge >= 0.3 is 5.69 Å². The third-order valence-electron chi connectivity index (χ3n) is 3.98. The fourth-order valence-corrected chi connectivity index (χ4v) is 2.57. The topological polar surface area (TPSA) is 143 Å². The minimum Gasteiger partial charge on any atom is -0.272 e. The van der Waals surface area contributed by atoms with Gasteiger partial charge in [-0.25, -0.2) is 0 Å². The number of carbonyl (C=O) groups is 1. The lowest BCUT2D eigenvalue weighted by atomic mass is 10.1. The van der Waals surface area contributed by atoms with E-state index in [0.29, 0.717) is 11.4 Å². The average Bonchev–Trinajstić information content (AvgIpc) is 2.96. The molecule has 1 heterocycles. The Morgan fingerprint density at radius 1 is 1.14 bits per heavy atom. The molecular formula is C17H14N6O5. The quantitative estimate of drug-likeness (QED) is 0.462. The molecule has 11 heteroatoms. The predicted octanol–water partition coefficient (Wildman–Crippen LogP) is 2.94. The van der Waals surface area contributed by atoms with Crippen molar-refractivity contribution in [3.63, 3.8) is 0 Å². The number of hydrazone groups is 2. The number of rotatable bonds is 6. The number of hydrogen-bond donors (Lipinski definition) is 1. The maximum atomic E-state index is 12.6. The van der Waals surface area contributed by atoms with E-state index in [1.54, 1.807) is 31.2 Å². The number of nitrogens with one attached hydrogen (secondary N) is 1. The first-order chi connectivity index (χ1) is 13.4. The van der Waals surface area contributed by atoms with Gasteiger partial charge < -0.3 is 0 Å². The molecule has 0 radical (unpaired) electrons. The molecule has 0 saturated heterocycles. The number of amides is 1. The summed E-state index contributed by atoms with van der Waals surface area (Å²) in [7, 11) is 0. The lowest BCUT2D eigenvalue weighted by Gasteiger charge is -2.12. The molecule has 2 aromatic carbocycles. The molecule has 0 saturated carbocycles. The highest BCUT2D eigenvalue weighted by atomic mass is 16.6. The van der Waals surface area contributed by atoms with Gasteiger partial charge in [-0.2, -0.15) is 15.2 Å². The Labute approximate surface area is 158 Å². The first kappa shape index (κ1) is 18.6. The third kappa shape index (κ3) is 3.67. The number of para-hydroxylation sites is 1. The number of non-ortho nitro benzene ring substituents is 1. The van der Waals surface area contributed by atoms with Crippen LogP contribution in [0.25, 0.3) is 0 Å². The zero-order valence-corrected chi connectivity index (χ0v) is 14.6. The first-order valence-corrected chi connectivity index (χ1v) is 8.04. The van der Waals surface area contributed by atoms with E-state index in [9.17, 15) is 25.0 Å². The minimum atomic E-state index is -0.755. The predicted molar refractivity (Wildman–Crippen MR) is 102 cm³/mol. The molecule has 0 spiro atoms. The van der Waals surface area contributed by atoms with Gasteiger partial charge in [-0.15, -0.1) is 0 Å². The van der Waals surface area contributed by atoms with Gasteiger partial charge in [-0.1, -0.05) is 18.2 Å². The molecule has 0 aromatic heterocycles. The van der Waals surface area contributed by atoms with Crippen molar-refractivity contribution in [1.29, 1.82) is 0 Å². The fourth-order valence-electron chi connectivity index (χ4n) is 2.57. The van der Waals surface area contributed by atoms with E-state index in [1.165, 1.54) is 17.3 Å². The van der Waals surface area contributed by atoms with Crippen molar-refractivity contribution in [2.45, 2.75) is 6.92 Å². The SMILES string of the molecule is CC1=NN(c2ccccc2)C(=O)[C@H]1/C=N\Nc1ccc([N+](=O)[O-])cc1[N+](=O)[O-]. The summed E-state index contributed by atoms with van der Waals surface area (Å²) in [6.45, 7) is 1.67. The molecule has 1 aliphatic rings. The van der Waals surface area contributed by atoms with Crippen molar-refractivity contribution in [2.75, 3.05) is 10.4 Å².